The monoisotopic (exact) mass is 488 g/mol. The van der Waals surface area contributed by atoms with Crippen LogP contribution in [0, 0.1) is 5.82 Å². The van der Waals surface area contributed by atoms with Crippen LogP contribution in [0.4, 0.5) is 14.9 Å². The zero-order valence-corrected chi connectivity index (χ0v) is 19.5. The molecule has 9 heteroatoms. The molecule has 2 aliphatic heterocycles. The van der Waals surface area contributed by atoms with E-state index in [9.17, 15) is 18.8 Å². The van der Waals surface area contributed by atoms with Gasteiger partial charge < -0.3 is 15.0 Å². The zero-order valence-electron chi connectivity index (χ0n) is 19.5. The van der Waals surface area contributed by atoms with E-state index in [1.54, 1.807) is 59.6 Å². The lowest BCUT2D eigenvalue weighted by atomic mass is 10.00. The van der Waals surface area contributed by atoms with Crippen molar-refractivity contribution in [3.8, 4) is 0 Å². The lowest BCUT2D eigenvalue weighted by Gasteiger charge is -2.28. The first-order valence-electron chi connectivity index (χ1n) is 11.8. The summed E-state index contributed by atoms with van der Waals surface area (Å²) in [6.07, 6.45) is 3.42. The lowest BCUT2D eigenvalue weighted by Crippen LogP contribution is -2.47. The number of benzene rings is 2. The van der Waals surface area contributed by atoms with Gasteiger partial charge in [-0.25, -0.2) is 9.18 Å². The normalized spacial score (nSPS) is 19.3. The van der Waals surface area contributed by atoms with Crippen molar-refractivity contribution in [1.82, 2.24) is 14.8 Å². The van der Waals surface area contributed by atoms with E-state index in [1.165, 1.54) is 23.2 Å². The van der Waals surface area contributed by atoms with Gasteiger partial charge in [-0.05, 0) is 60.4 Å². The van der Waals surface area contributed by atoms with Crippen molar-refractivity contribution in [2.45, 2.75) is 31.5 Å². The summed E-state index contributed by atoms with van der Waals surface area (Å²) in [5.74, 6) is -0.900. The minimum atomic E-state index is -0.880. The van der Waals surface area contributed by atoms with Crippen LogP contribution < -0.4 is 5.32 Å². The predicted octanol–water partition coefficient (Wildman–Crippen LogP) is 4.16. The first-order chi connectivity index (χ1) is 17.5. The smallest absolute Gasteiger partial charge is 0.411 e. The van der Waals surface area contributed by atoms with Gasteiger partial charge in [0, 0.05) is 31.2 Å². The SMILES string of the molecule is O=C(Nc1ccc(C2OC(=O)N(Cc3cccc(F)c3)C2C(=O)N2CCCC2)cc1)c1cccnc1. The Morgan fingerprint density at radius 2 is 1.83 bits per heavy atom. The third-order valence-corrected chi connectivity index (χ3v) is 6.42. The Kier molecular flexibility index (Phi) is 6.62. The molecule has 0 saturated carbocycles. The van der Waals surface area contributed by atoms with E-state index in [2.05, 4.69) is 10.3 Å². The van der Waals surface area contributed by atoms with E-state index in [1.807, 2.05) is 0 Å². The van der Waals surface area contributed by atoms with E-state index in [0.29, 0.717) is 35.5 Å². The topological polar surface area (TPSA) is 91.8 Å². The van der Waals surface area contributed by atoms with Crippen LogP contribution in [0.25, 0.3) is 0 Å². The summed E-state index contributed by atoms with van der Waals surface area (Å²) < 4.78 is 19.5. The van der Waals surface area contributed by atoms with Gasteiger partial charge in [-0.3, -0.25) is 19.5 Å². The number of anilines is 1. The number of hydrogen-bond acceptors (Lipinski definition) is 5. The number of carbonyl (C=O) groups excluding carboxylic acids is 3. The molecule has 1 aromatic heterocycles. The fourth-order valence-electron chi connectivity index (χ4n) is 4.61. The molecule has 0 bridgehead atoms. The number of hydrogen-bond donors (Lipinski definition) is 1. The van der Waals surface area contributed by atoms with E-state index < -0.39 is 24.1 Å². The first-order valence-corrected chi connectivity index (χ1v) is 11.8. The van der Waals surface area contributed by atoms with Crippen molar-refractivity contribution in [3.63, 3.8) is 0 Å². The number of halogens is 1. The van der Waals surface area contributed by atoms with Crippen LogP contribution in [0.3, 0.4) is 0 Å². The van der Waals surface area contributed by atoms with Crippen LogP contribution in [-0.4, -0.2) is 51.8 Å². The number of likely N-dealkylation sites (tertiary alicyclic amines) is 1. The molecule has 184 valence electrons. The van der Waals surface area contributed by atoms with Gasteiger partial charge >= 0.3 is 6.09 Å². The Morgan fingerprint density at radius 1 is 1.06 bits per heavy atom. The molecule has 3 aromatic rings. The molecule has 2 unspecified atom stereocenters. The minimum Gasteiger partial charge on any atom is -0.438 e. The average Bonchev–Trinajstić information content (AvgIpc) is 3.54. The van der Waals surface area contributed by atoms with Crippen LogP contribution >= 0.6 is 0 Å². The summed E-state index contributed by atoms with van der Waals surface area (Å²) >= 11 is 0. The molecule has 2 atom stereocenters. The van der Waals surface area contributed by atoms with E-state index in [0.717, 1.165) is 12.8 Å². The van der Waals surface area contributed by atoms with Gasteiger partial charge in [-0.1, -0.05) is 24.3 Å². The Bertz CT molecular complexity index is 1260. The summed E-state index contributed by atoms with van der Waals surface area (Å²) in [7, 11) is 0. The second-order valence-electron chi connectivity index (χ2n) is 8.86. The zero-order chi connectivity index (χ0) is 25.1. The molecular formula is C27H25FN4O4. The number of nitrogens with one attached hydrogen (secondary N) is 1. The van der Waals surface area contributed by atoms with Gasteiger partial charge in [0.15, 0.2) is 12.1 Å². The number of cyclic esters (lactones) is 1. The molecular weight excluding hydrogens is 463 g/mol. The Hall–Kier alpha value is -4.27. The number of rotatable bonds is 6. The van der Waals surface area contributed by atoms with Crippen molar-refractivity contribution in [2.75, 3.05) is 18.4 Å². The standard InChI is InChI=1S/C27H25FN4O4/c28-21-7-3-5-18(15-21)17-32-23(26(34)31-13-1-2-14-31)24(36-27(32)35)19-8-10-22(11-9-19)30-25(33)20-6-4-12-29-16-20/h3-12,15-16,23-24H,1-2,13-14,17H2,(H,30,33). The first kappa shape index (κ1) is 23.5. The maximum Gasteiger partial charge on any atom is 0.411 e. The minimum absolute atomic E-state index is 0.0522. The van der Waals surface area contributed by atoms with Gasteiger partial charge in [-0.15, -0.1) is 0 Å². The van der Waals surface area contributed by atoms with E-state index in [4.69, 9.17) is 4.74 Å². The number of aromatic nitrogens is 1. The van der Waals surface area contributed by atoms with Gasteiger partial charge in [0.25, 0.3) is 5.91 Å². The second-order valence-corrected chi connectivity index (χ2v) is 8.86. The summed E-state index contributed by atoms with van der Waals surface area (Å²) in [6, 6.07) is 15.3. The van der Waals surface area contributed by atoms with Crippen LogP contribution in [0.15, 0.2) is 73.1 Å². The highest BCUT2D eigenvalue weighted by Crippen LogP contribution is 2.36. The highest BCUT2D eigenvalue weighted by Gasteiger charge is 2.48. The van der Waals surface area contributed by atoms with Crippen LogP contribution in [0.2, 0.25) is 0 Å². The Morgan fingerprint density at radius 3 is 2.53 bits per heavy atom. The molecule has 2 saturated heterocycles. The Labute approximate surface area is 207 Å². The molecule has 3 amide bonds. The van der Waals surface area contributed by atoms with Gasteiger partial charge in [-0.2, -0.15) is 0 Å². The van der Waals surface area contributed by atoms with Crippen molar-refractivity contribution < 1.29 is 23.5 Å². The molecule has 5 rings (SSSR count). The van der Waals surface area contributed by atoms with Crippen LogP contribution in [0.1, 0.15) is 40.4 Å². The van der Waals surface area contributed by atoms with Crippen molar-refractivity contribution in [3.05, 3.63) is 95.6 Å². The van der Waals surface area contributed by atoms with Crippen molar-refractivity contribution in [1.29, 1.82) is 0 Å². The largest absolute Gasteiger partial charge is 0.438 e. The number of ether oxygens (including phenoxy) is 1. The lowest BCUT2D eigenvalue weighted by molar-refractivity contribution is -0.135. The summed E-state index contributed by atoms with van der Waals surface area (Å²) in [6.45, 7) is 1.31. The van der Waals surface area contributed by atoms with Gasteiger partial charge in [0.1, 0.15) is 5.82 Å². The molecule has 36 heavy (non-hydrogen) atoms. The fourth-order valence-corrected chi connectivity index (χ4v) is 4.61. The highest BCUT2D eigenvalue weighted by molar-refractivity contribution is 6.04. The number of nitrogens with zero attached hydrogens (tertiary/aromatic N) is 3. The molecule has 3 heterocycles. The van der Waals surface area contributed by atoms with Gasteiger partial charge in [0.2, 0.25) is 5.91 Å². The molecule has 2 aliphatic rings. The predicted molar refractivity (Wildman–Crippen MR) is 129 cm³/mol. The van der Waals surface area contributed by atoms with E-state index >= 15 is 0 Å². The number of amides is 3. The quantitative estimate of drug-likeness (QED) is 0.563. The molecule has 2 aromatic carbocycles. The van der Waals surface area contributed by atoms with Crippen LogP contribution in [0.5, 0.6) is 0 Å². The molecule has 1 N–H and O–H groups in total. The number of pyridine rings is 1. The summed E-state index contributed by atoms with van der Waals surface area (Å²) in [5, 5.41) is 2.80. The fraction of sp³-hybridized carbons (Fsp3) is 0.259. The Balaban J connectivity index is 1.38. The molecule has 8 nitrogen and oxygen atoms in total. The van der Waals surface area contributed by atoms with Crippen LogP contribution in [-0.2, 0) is 16.1 Å². The molecule has 0 spiro atoms. The van der Waals surface area contributed by atoms with Crippen molar-refractivity contribution in [2.24, 2.45) is 0 Å². The third-order valence-electron chi connectivity index (χ3n) is 6.42. The summed E-state index contributed by atoms with van der Waals surface area (Å²) in [4.78, 5) is 45.9. The van der Waals surface area contributed by atoms with Gasteiger partial charge in [0.05, 0.1) is 12.1 Å². The average molecular weight is 489 g/mol. The molecule has 0 aliphatic carbocycles. The molecule has 2 fully saturated rings. The third kappa shape index (κ3) is 4.91. The van der Waals surface area contributed by atoms with Crippen molar-refractivity contribution >= 4 is 23.6 Å². The molecule has 0 radical (unpaired) electrons. The second kappa shape index (κ2) is 10.2. The maximum atomic E-state index is 13.8. The van der Waals surface area contributed by atoms with E-state index in [-0.39, 0.29) is 18.4 Å². The highest BCUT2D eigenvalue weighted by atomic mass is 19.1. The summed E-state index contributed by atoms with van der Waals surface area (Å²) in [5.41, 5.74) is 2.17. The maximum absolute atomic E-state index is 13.8. The number of carbonyl (C=O) groups is 3.